The van der Waals surface area contributed by atoms with E-state index in [9.17, 15) is 14.0 Å². The Hall–Kier alpha value is -2.34. The molecule has 2 amide bonds. The van der Waals surface area contributed by atoms with Crippen LogP contribution in [0.2, 0.25) is 0 Å². The van der Waals surface area contributed by atoms with Gasteiger partial charge in [-0.15, -0.1) is 11.8 Å². The molecule has 2 aromatic carbocycles. The van der Waals surface area contributed by atoms with Crippen molar-refractivity contribution in [1.82, 2.24) is 5.32 Å². The molecule has 0 saturated carbocycles. The van der Waals surface area contributed by atoms with Crippen molar-refractivity contribution in [2.45, 2.75) is 18.2 Å². The maximum Gasteiger partial charge on any atom is 0.252 e. The maximum atomic E-state index is 13.1. The minimum Gasteiger partial charge on any atom is -0.352 e. The number of rotatable bonds is 6. The molecule has 1 fully saturated rings. The Morgan fingerprint density at radius 1 is 1.23 bits per heavy atom. The first-order valence-electron chi connectivity index (χ1n) is 8.64. The van der Waals surface area contributed by atoms with Crippen LogP contribution in [0.1, 0.15) is 23.7 Å². The topological polar surface area (TPSA) is 49.4 Å². The molecule has 2 aromatic rings. The molecule has 0 radical (unpaired) electrons. The summed E-state index contributed by atoms with van der Waals surface area (Å²) in [4.78, 5) is 27.4. The Morgan fingerprint density at radius 3 is 2.69 bits per heavy atom. The molecule has 1 unspecified atom stereocenters. The van der Waals surface area contributed by atoms with Crippen molar-refractivity contribution in [3.63, 3.8) is 0 Å². The van der Waals surface area contributed by atoms with Crippen LogP contribution in [0.4, 0.5) is 10.1 Å². The quantitative estimate of drug-likeness (QED) is 0.786. The average molecular weight is 372 g/mol. The fourth-order valence-corrected chi connectivity index (χ4v) is 3.86. The maximum absolute atomic E-state index is 13.1. The molecule has 1 heterocycles. The number of nitrogens with one attached hydrogen (secondary N) is 1. The highest BCUT2D eigenvalue weighted by atomic mass is 32.2. The lowest BCUT2D eigenvalue weighted by Crippen LogP contribution is -2.31. The summed E-state index contributed by atoms with van der Waals surface area (Å²) in [5, 5.41) is 2.95. The fraction of sp³-hybridized carbons (Fsp3) is 0.300. The number of hydrogen-bond acceptors (Lipinski definition) is 3. The van der Waals surface area contributed by atoms with Gasteiger partial charge in [-0.05, 0) is 42.2 Å². The Bertz CT molecular complexity index is 795. The first-order chi connectivity index (χ1) is 12.6. The lowest BCUT2D eigenvalue weighted by molar-refractivity contribution is -0.117. The highest BCUT2D eigenvalue weighted by Crippen LogP contribution is 2.25. The first-order valence-corrected chi connectivity index (χ1v) is 9.63. The first kappa shape index (κ1) is 18.5. The van der Waals surface area contributed by atoms with Crippen LogP contribution < -0.4 is 10.2 Å². The zero-order chi connectivity index (χ0) is 18.5. The summed E-state index contributed by atoms with van der Waals surface area (Å²) in [5.41, 5.74) is 1.36. The summed E-state index contributed by atoms with van der Waals surface area (Å²) in [6, 6.07) is 13.4. The third kappa shape index (κ3) is 4.25. The molecule has 1 aliphatic heterocycles. The van der Waals surface area contributed by atoms with E-state index in [1.165, 1.54) is 12.1 Å². The van der Waals surface area contributed by atoms with Crippen LogP contribution in [-0.2, 0) is 4.79 Å². The second-order valence-electron chi connectivity index (χ2n) is 6.19. The second-order valence-corrected chi connectivity index (χ2v) is 7.50. The van der Waals surface area contributed by atoms with E-state index in [-0.39, 0.29) is 23.5 Å². The summed E-state index contributed by atoms with van der Waals surface area (Å²) < 4.78 is 13.1. The van der Waals surface area contributed by atoms with E-state index < -0.39 is 0 Å². The highest BCUT2D eigenvalue weighted by molar-refractivity contribution is 7.99. The SMILES string of the molecule is CCSc1ccccc1C(=O)NCC1CC(=O)N(c2ccc(F)cc2)C1. The van der Waals surface area contributed by atoms with Crippen molar-refractivity contribution in [2.75, 3.05) is 23.7 Å². The Balaban J connectivity index is 1.60. The number of halogens is 1. The van der Waals surface area contributed by atoms with Crippen molar-refractivity contribution in [3.8, 4) is 0 Å². The normalized spacial score (nSPS) is 16.8. The van der Waals surface area contributed by atoms with E-state index in [1.54, 1.807) is 28.8 Å². The summed E-state index contributed by atoms with van der Waals surface area (Å²) in [6.45, 7) is 3.01. The summed E-state index contributed by atoms with van der Waals surface area (Å²) in [5.74, 6) is 0.496. The van der Waals surface area contributed by atoms with Gasteiger partial charge in [0.05, 0.1) is 5.56 Å². The largest absolute Gasteiger partial charge is 0.352 e. The van der Waals surface area contributed by atoms with Crippen molar-refractivity contribution >= 4 is 29.3 Å². The zero-order valence-electron chi connectivity index (χ0n) is 14.6. The van der Waals surface area contributed by atoms with E-state index in [1.807, 2.05) is 31.2 Å². The summed E-state index contributed by atoms with van der Waals surface area (Å²) in [6.07, 6.45) is 0.378. The van der Waals surface area contributed by atoms with Gasteiger partial charge in [-0.3, -0.25) is 9.59 Å². The Morgan fingerprint density at radius 2 is 1.96 bits per heavy atom. The Kier molecular flexibility index (Phi) is 5.93. The molecule has 1 atom stereocenters. The van der Waals surface area contributed by atoms with Gasteiger partial charge in [0.1, 0.15) is 5.82 Å². The van der Waals surface area contributed by atoms with Gasteiger partial charge in [0.2, 0.25) is 5.91 Å². The Labute approximate surface area is 156 Å². The van der Waals surface area contributed by atoms with Gasteiger partial charge in [-0.25, -0.2) is 4.39 Å². The molecule has 0 aromatic heterocycles. The molecule has 1 N–H and O–H groups in total. The van der Waals surface area contributed by atoms with Crippen molar-refractivity contribution in [1.29, 1.82) is 0 Å². The standard InChI is InChI=1S/C20H21FN2O2S/c1-2-26-18-6-4-3-5-17(18)20(25)22-12-14-11-19(24)23(13-14)16-9-7-15(21)8-10-16/h3-10,14H,2,11-13H2,1H3,(H,22,25). The number of nitrogens with zero attached hydrogens (tertiary/aromatic N) is 1. The molecule has 6 heteroatoms. The van der Waals surface area contributed by atoms with Crippen LogP contribution in [0.15, 0.2) is 53.4 Å². The smallest absolute Gasteiger partial charge is 0.252 e. The molecule has 1 saturated heterocycles. The van der Waals surface area contributed by atoms with E-state index >= 15 is 0 Å². The van der Waals surface area contributed by atoms with E-state index in [2.05, 4.69) is 5.32 Å². The predicted octanol–water partition coefficient (Wildman–Crippen LogP) is 3.72. The number of carbonyl (C=O) groups excluding carboxylic acids is 2. The van der Waals surface area contributed by atoms with E-state index in [4.69, 9.17) is 0 Å². The number of hydrogen-bond donors (Lipinski definition) is 1. The van der Waals surface area contributed by atoms with Gasteiger partial charge in [-0.2, -0.15) is 0 Å². The molecular weight excluding hydrogens is 351 g/mol. The highest BCUT2D eigenvalue weighted by Gasteiger charge is 2.30. The van der Waals surface area contributed by atoms with E-state index in [0.717, 1.165) is 10.6 Å². The van der Waals surface area contributed by atoms with Crippen LogP contribution in [0.5, 0.6) is 0 Å². The minimum atomic E-state index is -0.326. The summed E-state index contributed by atoms with van der Waals surface area (Å²) >= 11 is 1.63. The molecule has 3 rings (SSSR count). The molecular formula is C20H21FN2O2S. The predicted molar refractivity (Wildman–Crippen MR) is 102 cm³/mol. The van der Waals surface area contributed by atoms with Gasteiger partial charge in [-0.1, -0.05) is 19.1 Å². The molecule has 0 spiro atoms. The third-order valence-corrected chi connectivity index (χ3v) is 5.28. The van der Waals surface area contributed by atoms with Crippen molar-refractivity contribution < 1.29 is 14.0 Å². The average Bonchev–Trinajstić information content (AvgIpc) is 3.02. The molecule has 4 nitrogen and oxygen atoms in total. The van der Waals surface area contributed by atoms with Crippen LogP contribution in [0.3, 0.4) is 0 Å². The van der Waals surface area contributed by atoms with Crippen LogP contribution in [-0.4, -0.2) is 30.7 Å². The fourth-order valence-electron chi connectivity index (χ4n) is 3.06. The monoisotopic (exact) mass is 372 g/mol. The minimum absolute atomic E-state index is 0.00204. The summed E-state index contributed by atoms with van der Waals surface area (Å²) in [7, 11) is 0. The van der Waals surface area contributed by atoms with Crippen LogP contribution >= 0.6 is 11.8 Å². The van der Waals surface area contributed by atoms with Crippen molar-refractivity contribution in [2.24, 2.45) is 5.92 Å². The number of amides is 2. The molecule has 0 bridgehead atoms. The number of carbonyl (C=O) groups is 2. The van der Waals surface area contributed by atoms with Gasteiger partial charge in [0.25, 0.3) is 5.91 Å². The van der Waals surface area contributed by atoms with Gasteiger partial charge in [0.15, 0.2) is 0 Å². The van der Waals surface area contributed by atoms with Gasteiger partial charge < -0.3 is 10.2 Å². The molecule has 26 heavy (non-hydrogen) atoms. The van der Waals surface area contributed by atoms with Gasteiger partial charge in [0, 0.05) is 36.0 Å². The van der Waals surface area contributed by atoms with Crippen LogP contribution in [0, 0.1) is 11.7 Å². The number of anilines is 1. The number of thioether (sulfide) groups is 1. The lowest BCUT2D eigenvalue weighted by atomic mass is 10.1. The van der Waals surface area contributed by atoms with Gasteiger partial charge >= 0.3 is 0 Å². The molecule has 1 aliphatic rings. The van der Waals surface area contributed by atoms with E-state index in [0.29, 0.717) is 30.8 Å². The molecule has 136 valence electrons. The third-order valence-electron chi connectivity index (χ3n) is 4.33. The number of benzene rings is 2. The van der Waals surface area contributed by atoms with Crippen molar-refractivity contribution in [3.05, 3.63) is 59.9 Å². The second kappa shape index (κ2) is 8.36. The molecule has 0 aliphatic carbocycles. The van der Waals surface area contributed by atoms with Crippen LogP contribution in [0.25, 0.3) is 0 Å². The zero-order valence-corrected chi connectivity index (χ0v) is 15.4. The lowest BCUT2D eigenvalue weighted by Gasteiger charge is -2.17.